The second-order valence-electron chi connectivity index (χ2n) is 5.81. The van der Waals surface area contributed by atoms with Crippen molar-refractivity contribution in [2.45, 2.75) is 45.1 Å². The summed E-state index contributed by atoms with van der Waals surface area (Å²) in [7, 11) is 0. The van der Waals surface area contributed by atoms with Crippen LogP contribution in [0.3, 0.4) is 0 Å². The molecule has 0 aromatic heterocycles. The van der Waals surface area contributed by atoms with E-state index in [2.05, 4.69) is 0 Å². The quantitative estimate of drug-likeness (QED) is 0.699. The zero-order valence-electron chi connectivity index (χ0n) is 13.7. The number of aliphatic hydroxyl groups excluding tert-OH is 1. The lowest BCUT2D eigenvalue weighted by Crippen LogP contribution is -2.18. The van der Waals surface area contributed by atoms with Crippen LogP contribution >= 0.6 is 0 Å². The van der Waals surface area contributed by atoms with Gasteiger partial charge < -0.3 is 20.4 Å². The summed E-state index contributed by atoms with van der Waals surface area (Å²) in [6.45, 7) is 1.97. The number of ketones is 1. The number of phenolic OH excluding ortho intramolecular Hbond substituents is 1. The fourth-order valence-electron chi connectivity index (χ4n) is 2.67. The van der Waals surface area contributed by atoms with Crippen molar-refractivity contribution in [2.24, 2.45) is 0 Å². The van der Waals surface area contributed by atoms with E-state index >= 15 is 0 Å². The molecule has 0 saturated carbocycles. The third-order valence-corrected chi connectivity index (χ3v) is 3.85. The predicted molar refractivity (Wildman–Crippen MR) is 89.1 cm³/mol. The highest BCUT2D eigenvalue weighted by atomic mass is 16.5. The SMILES string of the molecule is Cc1cc(O)c2c(c1)CCCCC(O)C(=O)/C=C\CCOC2=O.O. The van der Waals surface area contributed by atoms with Crippen molar-refractivity contribution in [3.8, 4) is 5.75 Å². The summed E-state index contributed by atoms with van der Waals surface area (Å²) < 4.78 is 5.17. The smallest absolute Gasteiger partial charge is 0.342 e. The third kappa shape index (κ3) is 5.18. The first kappa shape index (κ1) is 19.9. The highest BCUT2D eigenvalue weighted by Gasteiger charge is 2.19. The number of phenols is 1. The molecule has 6 heteroatoms. The first-order valence-electron chi connectivity index (χ1n) is 7.87. The number of esters is 1. The summed E-state index contributed by atoms with van der Waals surface area (Å²) in [6.07, 6.45) is 4.64. The number of ether oxygens (including phenoxy) is 1. The van der Waals surface area contributed by atoms with Gasteiger partial charge in [-0.15, -0.1) is 0 Å². The van der Waals surface area contributed by atoms with Gasteiger partial charge in [0.1, 0.15) is 17.4 Å². The molecule has 1 atom stereocenters. The first-order chi connectivity index (χ1) is 11.0. The Morgan fingerprint density at radius 1 is 1.21 bits per heavy atom. The summed E-state index contributed by atoms with van der Waals surface area (Å²) >= 11 is 0. The Kier molecular flexibility index (Phi) is 7.61. The molecule has 0 saturated heterocycles. The number of cyclic esters (lactones) is 1. The number of carbonyl (C=O) groups excluding carboxylic acids is 2. The van der Waals surface area contributed by atoms with Crippen molar-refractivity contribution in [1.29, 1.82) is 0 Å². The van der Waals surface area contributed by atoms with E-state index in [1.54, 1.807) is 12.1 Å². The molecular formula is C18H24O6. The molecule has 0 aliphatic carbocycles. The number of aryl methyl sites for hydroxylation is 2. The van der Waals surface area contributed by atoms with Crippen LogP contribution in [-0.2, 0) is 16.0 Å². The van der Waals surface area contributed by atoms with Crippen LogP contribution in [0, 0.1) is 6.92 Å². The Bertz CT molecular complexity index is 620. The maximum absolute atomic E-state index is 12.2. The number of rotatable bonds is 0. The van der Waals surface area contributed by atoms with Crippen LogP contribution in [0.5, 0.6) is 5.75 Å². The Morgan fingerprint density at radius 2 is 1.96 bits per heavy atom. The van der Waals surface area contributed by atoms with E-state index in [1.165, 1.54) is 6.08 Å². The van der Waals surface area contributed by atoms with Crippen molar-refractivity contribution >= 4 is 11.8 Å². The van der Waals surface area contributed by atoms with E-state index in [0.29, 0.717) is 32.1 Å². The van der Waals surface area contributed by atoms with Gasteiger partial charge >= 0.3 is 5.97 Å². The largest absolute Gasteiger partial charge is 0.507 e. The van der Waals surface area contributed by atoms with Crippen LogP contribution in [0.15, 0.2) is 24.3 Å². The van der Waals surface area contributed by atoms with E-state index in [-0.39, 0.29) is 29.2 Å². The van der Waals surface area contributed by atoms with Gasteiger partial charge in [-0.2, -0.15) is 0 Å². The van der Waals surface area contributed by atoms with Crippen LogP contribution in [0.2, 0.25) is 0 Å². The van der Waals surface area contributed by atoms with Crippen molar-refractivity contribution in [1.82, 2.24) is 0 Å². The molecule has 0 radical (unpaired) electrons. The topological polar surface area (TPSA) is 115 Å². The van der Waals surface area contributed by atoms with Gasteiger partial charge in [0.15, 0.2) is 5.78 Å². The number of aromatic hydroxyl groups is 1. The van der Waals surface area contributed by atoms with E-state index < -0.39 is 12.1 Å². The number of aliphatic hydroxyl groups is 1. The lowest BCUT2D eigenvalue weighted by molar-refractivity contribution is -0.122. The number of hydrogen-bond donors (Lipinski definition) is 2. The molecule has 2 rings (SSSR count). The van der Waals surface area contributed by atoms with Gasteiger partial charge in [0.05, 0.1) is 6.61 Å². The summed E-state index contributed by atoms with van der Waals surface area (Å²) in [5, 5.41) is 19.9. The number of hydrogen-bond acceptors (Lipinski definition) is 5. The molecule has 0 spiro atoms. The van der Waals surface area contributed by atoms with Gasteiger partial charge in [-0.1, -0.05) is 18.6 Å². The Balaban J connectivity index is 0.00000288. The summed E-state index contributed by atoms with van der Waals surface area (Å²) in [6, 6.07) is 3.41. The van der Waals surface area contributed by atoms with E-state index in [1.807, 2.05) is 13.0 Å². The highest BCUT2D eigenvalue weighted by molar-refractivity contribution is 5.94. The third-order valence-electron chi connectivity index (χ3n) is 3.85. The molecule has 1 aromatic carbocycles. The van der Waals surface area contributed by atoms with Crippen molar-refractivity contribution in [2.75, 3.05) is 6.61 Å². The van der Waals surface area contributed by atoms with Crippen LogP contribution in [0.25, 0.3) is 0 Å². The van der Waals surface area contributed by atoms with Crippen molar-refractivity contribution in [3.63, 3.8) is 0 Å². The minimum Gasteiger partial charge on any atom is -0.507 e. The van der Waals surface area contributed by atoms with E-state index in [4.69, 9.17) is 4.74 Å². The van der Waals surface area contributed by atoms with E-state index in [9.17, 15) is 19.8 Å². The molecule has 0 fully saturated rings. The average Bonchev–Trinajstić information content (AvgIpc) is 2.49. The van der Waals surface area contributed by atoms with Gasteiger partial charge in [-0.05, 0) is 55.9 Å². The predicted octanol–water partition coefficient (Wildman–Crippen LogP) is 1.64. The Morgan fingerprint density at radius 3 is 2.71 bits per heavy atom. The van der Waals surface area contributed by atoms with Gasteiger partial charge in [-0.3, -0.25) is 4.79 Å². The van der Waals surface area contributed by atoms with Crippen molar-refractivity contribution < 1.29 is 30.0 Å². The summed E-state index contributed by atoms with van der Waals surface area (Å²) in [5.74, 6) is -0.931. The summed E-state index contributed by atoms with van der Waals surface area (Å²) in [4.78, 5) is 23.9. The Hall–Kier alpha value is -2.18. The number of carbonyl (C=O) groups is 2. The second kappa shape index (κ2) is 9.20. The molecule has 4 N–H and O–H groups in total. The molecule has 1 aliphatic heterocycles. The number of fused-ring (bicyclic) bond motifs is 1. The molecule has 132 valence electrons. The number of benzene rings is 1. The van der Waals surface area contributed by atoms with Gasteiger partial charge in [0, 0.05) is 0 Å². The molecular weight excluding hydrogens is 312 g/mol. The van der Waals surface area contributed by atoms with Crippen molar-refractivity contribution in [3.05, 3.63) is 41.0 Å². The lowest BCUT2D eigenvalue weighted by atomic mass is 9.97. The zero-order chi connectivity index (χ0) is 16.8. The highest BCUT2D eigenvalue weighted by Crippen LogP contribution is 2.26. The standard InChI is InChI=1S/C18H22O5.H2O/c1-12-10-13-6-2-3-7-14(19)15(20)8-4-5-9-23-18(22)17(13)16(21)11-12;/h4,8,10-11,14,19,21H,2-3,5-7,9H2,1H3;1H2/b8-4-;. The fourth-order valence-corrected chi connectivity index (χ4v) is 2.67. The Labute approximate surface area is 141 Å². The molecule has 1 aromatic rings. The zero-order valence-corrected chi connectivity index (χ0v) is 13.7. The fraction of sp³-hybridized carbons (Fsp3) is 0.444. The van der Waals surface area contributed by atoms with Gasteiger partial charge in [0.2, 0.25) is 0 Å². The maximum atomic E-state index is 12.2. The molecule has 1 unspecified atom stereocenters. The second-order valence-corrected chi connectivity index (χ2v) is 5.81. The lowest BCUT2D eigenvalue weighted by Gasteiger charge is -2.13. The normalized spacial score (nSPS) is 21.0. The van der Waals surface area contributed by atoms with Crippen LogP contribution in [0.1, 0.15) is 47.2 Å². The minimum atomic E-state index is -0.984. The molecule has 0 amide bonds. The molecule has 6 nitrogen and oxygen atoms in total. The molecule has 1 heterocycles. The molecule has 1 aliphatic rings. The molecule has 0 bridgehead atoms. The average molecular weight is 336 g/mol. The van der Waals surface area contributed by atoms with Gasteiger partial charge in [0.25, 0.3) is 0 Å². The first-order valence-corrected chi connectivity index (χ1v) is 7.87. The minimum absolute atomic E-state index is 0. The monoisotopic (exact) mass is 336 g/mol. The van der Waals surface area contributed by atoms with Gasteiger partial charge in [-0.25, -0.2) is 4.79 Å². The summed E-state index contributed by atoms with van der Waals surface area (Å²) in [5.41, 5.74) is 1.82. The van der Waals surface area contributed by atoms with E-state index in [0.717, 1.165) is 11.1 Å². The molecule has 24 heavy (non-hydrogen) atoms. The van der Waals surface area contributed by atoms with Crippen LogP contribution in [-0.4, -0.2) is 40.2 Å². The van der Waals surface area contributed by atoms with Crippen LogP contribution in [0.4, 0.5) is 0 Å². The van der Waals surface area contributed by atoms with Crippen LogP contribution < -0.4 is 0 Å². The maximum Gasteiger partial charge on any atom is 0.342 e.